The third-order valence-electron chi connectivity index (χ3n) is 2.08. The smallest absolute Gasteiger partial charge is 0.256 e. The molecule has 0 saturated carbocycles. The lowest BCUT2D eigenvalue weighted by Gasteiger charge is -2.06. The molecule has 0 aliphatic carbocycles. The Kier molecular flexibility index (Phi) is 4.52. The van der Waals surface area contributed by atoms with Crippen LogP contribution in [0.2, 0.25) is 0 Å². The van der Waals surface area contributed by atoms with E-state index in [9.17, 15) is 0 Å². The fraction of sp³-hybridized carbons (Fsp3) is 0.455. The highest BCUT2D eigenvalue weighted by Gasteiger charge is 2.08. The summed E-state index contributed by atoms with van der Waals surface area (Å²) in [7, 11) is 0. The second kappa shape index (κ2) is 6.34. The zero-order chi connectivity index (χ0) is 12.8. The number of nitrogens with one attached hydrogen (secondary N) is 1. The highest BCUT2D eigenvalue weighted by Crippen LogP contribution is 2.16. The highest BCUT2D eigenvalue weighted by molar-refractivity contribution is 7.99. The van der Waals surface area contributed by atoms with Crippen LogP contribution in [0.15, 0.2) is 23.6 Å². The van der Waals surface area contributed by atoms with Crippen molar-refractivity contribution in [1.82, 2.24) is 24.7 Å². The molecule has 0 atom stereocenters. The minimum atomic E-state index is 0.546. The summed E-state index contributed by atoms with van der Waals surface area (Å²) in [5.74, 6) is 2.13. The minimum Gasteiger partial charge on any atom is -0.354 e. The van der Waals surface area contributed by atoms with Gasteiger partial charge in [-0.15, -0.1) is 0 Å². The molecule has 0 bridgehead atoms. The maximum Gasteiger partial charge on any atom is 0.256 e. The molecule has 7 heteroatoms. The number of rotatable bonds is 6. The van der Waals surface area contributed by atoms with Gasteiger partial charge in [-0.2, -0.15) is 20.1 Å². The summed E-state index contributed by atoms with van der Waals surface area (Å²) in [6.45, 7) is 4.92. The molecule has 6 nitrogen and oxygen atoms in total. The van der Waals surface area contributed by atoms with Gasteiger partial charge >= 0.3 is 0 Å². The molecule has 0 aliphatic heterocycles. The molecule has 0 fully saturated rings. The molecule has 0 saturated heterocycles. The third-order valence-corrected chi connectivity index (χ3v) is 3.14. The quantitative estimate of drug-likeness (QED) is 0.805. The van der Waals surface area contributed by atoms with Gasteiger partial charge in [-0.1, -0.05) is 18.7 Å². The predicted molar refractivity (Wildman–Crippen MR) is 72.1 cm³/mol. The summed E-state index contributed by atoms with van der Waals surface area (Å²) in [6.07, 6.45) is 4.61. The van der Waals surface area contributed by atoms with Crippen molar-refractivity contribution in [2.75, 3.05) is 17.6 Å². The monoisotopic (exact) mass is 264 g/mol. The molecule has 0 aliphatic rings. The van der Waals surface area contributed by atoms with E-state index in [0.717, 1.165) is 23.9 Å². The van der Waals surface area contributed by atoms with Gasteiger partial charge in [0.15, 0.2) is 5.16 Å². The van der Waals surface area contributed by atoms with E-state index in [0.29, 0.717) is 11.9 Å². The van der Waals surface area contributed by atoms with Gasteiger partial charge in [0.1, 0.15) is 0 Å². The van der Waals surface area contributed by atoms with E-state index in [1.54, 1.807) is 22.6 Å². The number of aromatic nitrogens is 5. The maximum absolute atomic E-state index is 4.40. The van der Waals surface area contributed by atoms with Crippen molar-refractivity contribution in [2.45, 2.75) is 25.4 Å². The van der Waals surface area contributed by atoms with Crippen LogP contribution in [0.4, 0.5) is 5.95 Å². The Bertz CT molecular complexity index is 484. The maximum atomic E-state index is 4.40. The van der Waals surface area contributed by atoms with Crippen LogP contribution >= 0.6 is 11.8 Å². The first-order chi connectivity index (χ1) is 8.83. The minimum absolute atomic E-state index is 0.546. The first-order valence-electron chi connectivity index (χ1n) is 5.96. The number of hydrogen-bond donors (Lipinski definition) is 1. The second-order valence-electron chi connectivity index (χ2n) is 3.57. The molecule has 2 aromatic rings. The second-order valence-corrected chi connectivity index (χ2v) is 4.63. The van der Waals surface area contributed by atoms with E-state index >= 15 is 0 Å². The molecule has 0 unspecified atom stereocenters. The fourth-order valence-electron chi connectivity index (χ4n) is 1.33. The molecule has 96 valence electrons. The van der Waals surface area contributed by atoms with Crippen LogP contribution in [-0.2, 0) is 0 Å². The van der Waals surface area contributed by atoms with Gasteiger partial charge < -0.3 is 5.32 Å². The topological polar surface area (TPSA) is 68.5 Å². The Morgan fingerprint density at radius 1 is 1.28 bits per heavy atom. The van der Waals surface area contributed by atoms with Crippen molar-refractivity contribution in [1.29, 1.82) is 0 Å². The molecule has 18 heavy (non-hydrogen) atoms. The predicted octanol–water partition coefficient (Wildman–Crippen LogP) is 1.99. The molecule has 1 N–H and O–H groups in total. The zero-order valence-corrected chi connectivity index (χ0v) is 11.3. The van der Waals surface area contributed by atoms with Crippen molar-refractivity contribution in [3.05, 3.63) is 18.5 Å². The van der Waals surface area contributed by atoms with Crippen molar-refractivity contribution < 1.29 is 0 Å². The van der Waals surface area contributed by atoms with Gasteiger partial charge in [0.05, 0.1) is 0 Å². The Morgan fingerprint density at radius 2 is 2.17 bits per heavy atom. The van der Waals surface area contributed by atoms with Crippen molar-refractivity contribution in [3.8, 4) is 5.95 Å². The van der Waals surface area contributed by atoms with E-state index < -0.39 is 0 Å². The van der Waals surface area contributed by atoms with Gasteiger partial charge in [-0.3, -0.25) is 0 Å². The lowest BCUT2D eigenvalue weighted by Crippen LogP contribution is -2.09. The zero-order valence-electron chi connectivity index (χ0n) is 10.5. The molecule has 2 heterocycles. The van der Waals surface area contributed by atoms with Crippen molar-refractivity contribution in [3.63, 3.8) is 0 Å². The largest absolute Gasteiger partial charge is 0.354 e. The van der Waals surface area contributed by atoms with Gasteiger partial charge in [-0.05, 0) is 19.4 Å². The fourth-order valence-corrected chi connectivity index (χ4v) is 2.01. The van der Waals surface area contributed by atoms with Crippen LogP contribution in [-0.4, -0.2) is 37.0 Å². The van der Waals surface area contributed by atoms with Gasteiger partial charge in [0, 0.05) is 24.7 Å². The summed E-state index contributed by atoms with van der Waals surface area (Å²) in [5.41, 5.74) is 0. The molecule has 0 spiro atoms. The molecule has 0 aromatic carbocycles. The normalized spacial score (nSPS) is 10.6. The molecule has 0 amide bonds. The highest BCUT2D eigenvalue weighted by atomic mass is 32.2. The SMILES string of the molecule is CCCSc1nc(NCC)nc(-n2cccn2)n1. The van der Waals surface area contributed by atoms with E-state index in [-0.39, 0.29) is 0 Å². The van der Waals surface area contributed by atoms with E-state index in [1.165, 1.54) is 0 Å². The summed E-state index contributed by atoms with van der Waals surface area (Å²) < 4.78 is 1.64. The Balaban J connectivity index is 2.30. The number of hydrogen-bond acceptors (Lipinski definition) is 6. The lowest BCUT2D eigenvalue weighted by atomic mass is 10.6. The first kappa shape index (κ1) is 12.8. The average Bonchev–Trinajstić information content (AvgIpc) is 2.90. The Morgan fingerprint density at radius 3 is 2.83 bits per heavy atom. The van der Waals surface area contributed by atoms with E-state index in [2.05, 4.69) is 32.3 Å². The van der Waals surface area contributed by atoms with E-state index in [4.69, 9.17) is 0 Å². The number of thioether (sulfide) groups is 1. The van der Waals surface area contributed by atoms with Crippen LogP contribution in [0.5, 0.6) is 0 Å². The van der Waals surface area contributed by atoms with Crippen LogP contribution < -0.4 is 5.32 Å². The van der Waals surface area contributed by atoms with Crippen molar-refractivity contribution in [2.24, 2.45) is 0 Å². The summed E-state index contributed by atoms with van der Waals surface area (Å²) in [6, 6.07) is 1.84. The van der Waals surface area contributed by atoms with Crippen LogP contribution in [0.1, 0.15) is 20.3 Å². The van der Waals surface area contributed by atoms with Crippen LogP contribution in [0.25, 0.3) is 5.95 Å². The molecule has 0 radical (unpaired) electrons. The summed E-state index contributed by atoms with van der Waals surface area (Å²) in [5, 5.41) is 7.98. The van der Waals surface area contributed by atoms with Crippen LogP contribution in [0, 0.1) is 0 Å². The third kappa shape index (κ3) is 3.19. The number of anilines is 1. The first-order valence-corrected chi connectivity index (χ1v) is 6.94. The summed E-state index contributed by atoms with van der Waals surface area (Å²) in [4.78, 5) is 13.1. The number of nitrogens with zero attached hydrogens (tertiary/aromatic N) is 5. The average molecular weight is 264 g/mol. The van der Waals surface area contributed by atoms with Gasteiger partial charge in [0.2, 0.25) is 5.95 Å². The standard InChI is InChI=1S/C11H16N6S/c1-3-8-18-11-15-9(12-4-2)14-10(16-11)17-7-5-6-13-17/h5-7H,3-4,8H2,1-2H3,(H,12,14,15,16). The van der Waals surface area contributed by atoms with Crippen molar-refractivity contribution >= 4 is 17.7 Å². The lowest BCUT2D eigenvalue weighted by molar-refractivity contribution is 0.760. The van der Waals surface area contributed by atoms with Crippen LogP contribution in [0.3, 0.4) is 0 Å². The molecular weight excluding hydrogens is 248 g/mol. The Hall–Kier alpha value is -1.63. The van der Waals surface area contributed by atoms with E-state index in [1.807, 2.05) is 19.2 Å². The Labute approximate surface area is 110 Å². The van der Waals surface area contributed by atoms with Gasteiger partial charge in [-0.25, -0.2) is 4.68 Å². The van der Waals surface area contributed by atoms with Gasteiger partial charge in [0.25, 0.3) is 5.95 Å². The molecule has 2 rings (SSSR count). The molecular formula is C11H16N6S. The molecule has 2 aromatic heterocycles. The summed E-state index contributed by atoms with van der Waals surface area (Å²) >= 11 is 1.63.